The molecule has 0 aromatic heterocycles. The molecule has 3 atom stereocenters. The van der Waals surface area contributed by atoms with E-state index in [9.17, 15) is 8.42 Å². The van der Waals surface area contributed by atoms with E-state index in [0.717, 1.165) is 19.3 Å². The van der Waals surface area contributed by atoms with Crippen molar-refractivity contribution in [1.82, 2.24) is 5.32 Å². The second-order valence-electron chi connectivity index (χ2n) is 6.90. The van der Waals surface area contributed by atoms with Gasteiger partial charge in [-0.05, 0) is 44.6 Å². The molecule has 0 bridgehead atoms. The zero-order chi connectivity index (χ0) is 14.4. The van der Waals surface area contributed by atoms with E-state index in [1.54, 1.807) is 0 Å². The highest BCUT2D eigenvalue weighted by Gasteiger charge is 2.47. The lowest BCUT2D eigenvalue weighted by atomic mass is 9.80. The SMILES string of the molecule is CC1(C)CS(=O)(=O)C2CC(c3ccccc3)CCC2N1. The number of fused-ring (bicyclic) bond motifs is 1. The normalized spacial score (nSPS) is 35.2. The monoisotopic (exact) mass is 293 g/mol. The van der Waals surface area contributed by atoms with Gasteiger partial charge < -0.3 is 5.32 Å². The quantitative estimate of drug-likeness (QED) is 0.865. The van der Waals surface area contributed by atoms with Crippen molar-refractivity contribution in [3.63, 3.8) is 0 Å². The van der Waals surface area contributed by atoms with Gasteiger partial charge in [0.15, 0.2) is 9.84 Å². The van der Waals surface area contributed by atoms with Crippen molar-refractivity contribution in [2.24, 2.45) is 0 Å². The number of rotatable bonds is 1. The van der Waals surface area contributed by atoms with Gasteiger partial charge in [0.05, 0.1) is 11.0 Å². The van der Waals surface area contributed by atoms with Gasteiger partial charge in [0.1, 0.15) is 0 Å². The molecule has 1 aliphatic heterocycles. The molecule has 1 heterocycles. The summed E-state index contributed by atoms with van der Waals surface area (Å²) in [6.07, 6.45) is 2.79. The largest absolute Gasteiger partial charge is 0.307 e. The van der Waals surface area contributed by atoms with Gasteiger partial charge in [-0.2, -0.15) is 0 Å². The van der Waals surface area contributed by atoms with Gasteiger partial charge in [-0.15, -0.1) is 0 Å². The van der Waals surface area contributed by atoms with Gasteiger partial charge in [-0.25, -0.2) is 8.42 Å². The van der Waals surface area contributed by atoms with E-state index < -0.39 is 9.84 Å². The summed E-state index contributed by atoms with van der Waals surface area (Å²) in [7, 11) is -2.99. The molecular weight excluding hydrogens is 270 g/mol. The lowest BCUT2D eigenvalue weighted by Gasteiger charge is -2.46. The molecule has 2 fully saturated rings. The summed E-state index contributed by atoms with van der Waals surface area (Å²) in [5.74, 6) is 0.637. The predicted octanol–water partition coefficient (Wildman–Crippen LogP) is 2.49. The van der Waals surface area contributed by atoms with Crippen molar-refractivity contribution in [3.05, 3.63) is 35.9 Å². The first-order chi connectivity index (χ1) is 9.37. The Kier molecular flexibility index (Phi) is 3.41. The van der Waals surface area contributed by atoms with Gasteiger partial charge in [0.25, 0.3) is 0 Å². The lowest BCUT2D eigenvalue weighted by molar-refractivity contribution is 0.263. The molecule has 1 saturated carbocycles. The molecule has 3 rings (SSSR count). The average Bonchev–Trinajstić information content (AvgIpc) is 2.37. The standard InChI is InChI=1S/C16H23NO2S/c1-16(2)11-20(18,19)15-10-13(8-9-14(15)17-16)12-6-4-3-5-7-12/h3-7,13-15,17H,8-11H2,1-2H3. The van der Waals surface area contributed by atoms with Crippen LogP contribution < -0.4 is 5.32 Å². The Balaban J connectivity index is 1.84. The number of nitrogens with one attached hydrogen (secondary N) is 1. The fourth-order valence-corrected chi connectivity index (χ4v) is 6.41. The first-order valence-corrected chi connectivity index (χ1v) is 9.13. The molecule has 0 radical (unpaired) electrons. The molecule has 0 amide bonds. The molecule has 110 valence electrons. The van der Waals surface area contributed by atoms with Crippen LogP contribution in [0, 0.1) is 0 Å². The lowest BCUT2D eigenvalue weighted by Crippen LogP contribution is -2.63. The van der Waals surface area contributed by atoms with E-state index in [1.165, 1.54) is 5.56 Å². The number of hydrogen-bond donors (Lipinski definition) is 1. The maximum absolute atomic E-state index is 12.6. The molecule has 20 heavy (non-hydrogen) atoms. The molecule has 2 aliphatic rings. The van der Waals surface area contributed by atoms with Crippen molar-refractivity contribution < 1.29 is 8.42 Å². The number of sulfone groups is 1. The zero-order valence-electron chi connectivity index (χ0n) is 12.2. The molecule has 3 nitrogen and oxygen atoms in total. The Morgan fingerprint density at radius 2 is 1.85 bits per heavy atom. The van der Waals surface area contributed by atoms with E-state index in [2.05, 4.69) is 17.4 Å². The maximum Gasteiger partial charge on any atom is 0.156 e. The Hall–Kier alpha value is -0.870. The summed E-state index contributed by atoms with van der Waals surface area (Å²) in [6, 6.07) is 10.5. The topological polar surface area (TPSA) is 46.2 Å². The van der Waals surface area contributed by atoms with Gasteiger partial charge in [-0.3, -0.25) is 0 Å². The van der Waals surface area contributed by atoms with E-state index in [4.69, 9.17) is 0 Å². The molecule has 3 unspecified atom stereocenters. The number of benzene rings is 1. The molecule has 4 heteroatoms. The van der Waals surface area contributed by atoms with Crippen LogP contribution in [0.2, 0.25) is 0 Å². The van der Waals surface area contributed by atoms with Crippen LogP contribution in [-0.4, -0.2) is 31.0 Å². The smallest absolute Gasteiger partial charge is 0.156 e. The van der Waals surface area contributed by atoms with E-state index in [1.807, 2.05) is 32.0 Å². The van der Waals surface area contributed by atoms with Crippen molar-refractivity contribution >= 4 is 9.84 Å². The van der Waals surface area contributed by atoms with Gasteiger partial charge in [-0.1, -0.05) is 30.3 Å². The van der Waals surface area contributed by atoms with Crippen molar-refractivity contribution in [3.8, 4) is 0 Å². The van der Waals surface area contributed by atoms with Gasteiger partial charge in [0.2, 0.25) is 0 Å². The van der Waals surface area contributed by atoms with Crippen molar-refractivity contribution in [2.45, 2.75) is 55.9 Å². The third-order valence-electron chi connectivity index (χ3n) is 4.66. The minimum atomic E-state index is -2.99. The summed E-state index contributed by atoms with van der Waals surface area (Å²) >= 11 is 0. The summed E-state index contributed by atoms with van der Waals surface area (Å²) in [4.78, 5) is 0. The van der Waals surface area contributed by atoms with Crippen LogP contribution in [0.15, 0.2) is 30.3 Å². The van der Waals surface area contributed by atoms with Crippen LogP contribution >= 0.6 is 0 Å². The fraction of sp³-hybridized carbons (Fsp3) is 0.625. The minimum absolute atomic E-state index is 0.128. The Morgan fingerprint density at radius 1 is 1.15 bits per heavy atom. The van der Waals surface area contributed by atoms with Gasteiger partial charge >= 0.3 is 0 Å². The molecular formula is C16H23NO2S. The molecule has 0 spiro atoms. The van der Waals surface area contributed by atoms with Gasteiger partial charge in [0, 0.05) is 11.6 Å². The highest BCUT2D eigenvalue weighted by atomic mass is 32.2. The van der Waals surface area contributed by atoms with E-state index >= 15 is 0 Å². The Bertz CT molecular complexity index is 580. The first-order valence-electron chi connectivity index (χ1n) is 7.42. The average molecular weight is 293 g/mol. The Morgan fingerprint density at radius 3 is 2.55 bits per heavy atom. The molecule has 1 aliphatic carbocycles. The van der Waals surface area contributed by atoms with Crippen LogP contribution in [0.4, 0.5) is 0 Å². The molecule has 1 saturated heterocycles. The zero-order valence-corrected chi connectivity index (χ0v) is 13.0. The highest BCUT2D eigenvalue weighted by Crippen LogP contribution is 2.39. The third kappa shape index (κ3) is 2.63. The fourth-order valence-electron chi connectivity index (χ4n) is 3.87. The summed E-state index contributed by atoms with van der Waals surface area (Å²) < 4.78 is 25.1. The third-order valence-corrected chi connectivity index (χ3v) is 7.23. The minimum Gasteiger partial charge on any atom is -0.307 e. The summed E-state index contributed by atoms with van der Waals surface area (Å²) in [5.41, 5.74) is 0.991. The van der Waals surface area contributed by atoms with Crippen molar-refractivity contribution in [2.75, 3.05) is 5.75 Å². The number of hydrogen-bond acceptors (Lipinski definition) is 3. The van der Waals surface area contributed by atoms with Crippen LogP contribution in [0.1, 0.15) is 44.6 Å². The van der Waals surface area contributed by atoms with Crippen molar-refractivity contribution in [1.29, 1.82) is 0 Å². The van der Waals surface area contributed by atoms with E-state index in [0.29, 0.717) is 5.92 Å². The van der Waals surface area contributed by atoms with Crippen LogP contribution in [0.25, 0.3) is 0 Å². The second-order valence-corrected chi connectivity index (χ2v) is 9.12. The highest BCUT2D eigenvalue weighted by molar-refractivity contribution is 7.92. The van der Waals surface area contributed by atoms with Crippen LogP contribution in [0.3, 0.4) is 0 Å². The molecule has 1 aromatic rings. The van der Waals surface area contributed by atoms with E-state index in [-0.39, 0.29) is 22.6 Å². The predicted molar refractivity (Wildman–Crippen MR) is 81.6 cm³/mol. The van der Waals surface area contributed by atoms with Crippen LogP contribution in [-0.2, 0) is 9.84 Å². The summed E-state index contributed by atoms with van der Waals surface area (Å²) in [6.45, 7) is 3.98. The van der Waals surface area contributed by atoms with Crippen LogP contribution in [0.5, 0.6) is 0 Å². The second kappa shape index (κ2) is 4.85. The molecule has 1 N–H and O–H groups in total. The molecule has 1 aromatic carbocycles. The maximum atomic E-state index is 12.6. The summed E-state index contributed by atoms with van der Waals surface area (Å²) in [5, 5.41) is 3.33. The first kappa shape index (κ1) is 14.1. The Labute approximate surface area is 121 Å².